The first-order chi connectivity index (χ1) is 8.25. The van der Waals surface area contributed by atoms with Gasteiger partial charge in [0.05, 0.1) is 0 Å². The Kier molecular flexibility index (Phi) is 2.65. The molecule has 3 rings (SSSR count). The van der Waals surface area contributed by atoms with Crippen molar-refractivity contribution in [3.63, 3.8) is 0 Å². The van der Waals surface area contributed by atoms with Crippen molar-refractivity contribution in [2.75, 3.05) is 0 Å². The number of rotatable bonds is 1. The second-order valence-corrected chi connectivity index (χ2v) is 4.96. The maximum absolute atomic E-state index is 6.33. The van der Waals surface area contributed by atoms with Crippen LogP contribution in [0.4, 0.5) is 0 Å². The zero-order valence-electron chi connectivity index (χ0n) is 8.77. The third kappa shape index (κ3) is 1.85. The SMILES string of the molecule is Clc1c(-c2cccc(Br)c2)nc2ccccn12. The van der Waals surface area contributed by atoms with Crippen LogP contribution in [-0.4, -0.2) is 9.38 Å². The Hall–Kier alpha value is -1.32. The molecule has 0 amide bonds. The largest absolute Gasteiger partial charge is 0.290 e. The van der Waals surface area contributed by atoms with Crippen LogP contribution >= 0.6 is 27.5 Å². The van der Waals surface area contributed by atoms with E-state index in [9.17, 15) is 0 Å². The van der Waals surface area contributed by atoms with E-state index >= 15 is 0 Å². The molecule has 0 aliphatic heterocycles. The van der Waals surface area contributed by atoms with E-state index in [-0.39, 0.29) is 0 Å². The zero-order chi connectivity index (χ0) is 11.8. The predicted octanol–water partition coefficient (Wildman–Crippen LogP) is 4.42. The average Bonchev–Trinajstić information content (AvgIpc) is 2.68. The highest BCUT2D eigenvalue weighted by molar-refractivity contribution is 9.10. The molecular formula is C13H8BrClN2. The zero-order valence-corrected chi connectivity index (χ0v) is 11.1. The summed E-state index contributed by atoms with van der Waals surface area (Å²) in [5.74, 6) is 0. The van der Waals surface area contributed by atoms with Gasteiger partial charge in [-0.25, -0.2) is 4.98 Å². The molecule has 0 N–H and O–H groups in total. The number of pyridine rings is 1. The first-order valence-corrected chi connectivity index (χ1v) is 6.31. The maximum atomic E-state index is 6.33. The molecule has 0 aliphatic carbocycles. The number of hydrogen-bond donors (Lipinski definition) is 0. The summed E-state index contributed by atoms with van der Waals surface area (Å²) in [4.78, 5) is 4.53. The standard InChI is InChI=1S/C13H8BrClN2/c14-10-5-3-4-9(8-10)12-13(15)17-7-2-1-6-11(17)16-12/h1-8H. The third-order valence-corrected chi connectivity index (χ3v) is 3.42. The van der Waals surface area contributed by atoms with Crippen LogP contribution in [0.1, 0.15) is 0 Å². The molecule has 84 valence electrons. The summed E-state index contributed by atoms with van der Waals surface area (Å²) < 4.78 is 2.89. The van der Waals surface area contributed by atoms with Crippen molar-refractivity contribution in [1.29, 1.82) is 0 Å². The number of hydrogen-bond acceptors (Lipinski definition) is 1. The van der Waals surface area contributed by atoms with Gasteiger partial charge in [0, 0.05) is 16.2 Å². The van der Waals surface area contributed by atoms with Gasteiger partial charge in [-0.05, 0) is 24.3 Å². The van der Waals surface area contributed by atoms with Crippen LogP contribution in [0.5, 0.6) is 0 Å². The lowest BCUT2D eigenvalue weighted by Gasteiger charge is -1.98. The third-order valence-electron chi connectivity index (χ3n) is 2.57. The number of aromatic nitrogens is 2. The van der Waals surface area contributed by atoms with E-state index in [1.54, 1.807) is 0 Å². The molecule has 0 radical (unpaired) electrons. The molecule has 0 saturated heterocycles. The van der Waals surface area contributed by atoms with Gasteiger partial charge in [0.1, 0.15) is 16.5 Å². The monoisotopic (exact) mass is 306 g/mol. The lowest BCUT2D eigenvalue weighted by atomic mass is 10.2. The Morgan fingerprint density at radius 2 is 2.00 bits per heavy atom. The highest BCUT2D eigenvalue weighted by Crippen LogP contribution is 2.29. The summed E-state index contributed by atoms with van der Waals surface area (Å²) in [5.41, 5.74) is 2.67. The van der Waals surface area contributed by atoms with Gasteiger partial charge in [-0.3, -0.25) is 4.40 Å². The fourth-order valence-electron chi connectivity index (χ4n) is 1.79. The number of fused-ring (bicyclic) bond motifs is 1. The van der Waals surface area contributed by atoms with E-state index in [4.69, 9.17) is 11.6 Å². The summed E-state index contributed by atoms with van der Waals surface area (Å²) in [5, 5.41) is 0.638. The Morgan fingerprint density at radius 3 is 2.76 bits per heavy atom. The molecule has 0 bridgehead atoms. The van der Waals surface area contributed by atoms with Crippen LogP contribution in [0.3, 0.4) is 0 Å². The van der Waals surface area contributed by atoms with E-state index in [1.165, 1.54) is 0 Å². The van der Waals surface area contributed by atoms with Gasteiger partial charge in [0.25, 0.3) is 0 Å². The van der Waals surface area contributed by atoms with Crippen molar-refractivity contribution in [1.82, 2.24) is 9.38 Å². The Bertz CT molecular complexity index is 691. The molecule has 1 aromatic carbocycles. The van der Waals surface area contributed by atoms with Gasteiger partial charge in [0.2, 0.25) is 0 Å². The fraction of sp³-hybridized carbons (Fsp3) is 0. The molecule has 0 aliphatic rings. The van der Waals surface area contributed by atoms with Crippen LogP contribution in [0.25, 0.3) is 16.9 Å². The van der Waals surface area contributed by atoms with Gasteiger partial charge in [-0.1, -0.05) is 45.7 Å². The summed E-state index contributed by atoms with van der Waals surface area (Å²) in [6.07, 6.45) is 1.91. The molecule has 2 nitrogen and oxygen atoms in total. The van der Waals surface area contributed by atoms with Crippen LogP contribution in [-0.2, 0) is 0 Å². The summed E-state index contributed by atoms with van der Waals surface area (Å²) in [6, 6.07) is 13.8. The first kappa shape index (κ1) is 10.8. The van der Waals surface area contributed by atoms with Crippen molar-refractivity contribution < 1.29 is 0 Å². The fourth-order valence-corrected chi connectivity index (χ4v) is 2.48. The molecule has 2 aromatic heterocycles. The minimum atomic E-state index is 0.638. The van der Waals surface area contributed by atoms with Crippen LogP contribution in [0.2, 0.25) is 5.15 Å². The lowest BCUT2D eigenvalue weighted by molar-refractivity contribution is 1.19. The average molecular weight is 308 g/mol. The molecule has 0 spiro atoms. The summed E-state index contributed by atoms with van der Waals surface area (Å²) in [6.45, 7) is 0. The summed E-state index contributed by atoms with van der Waals surface area (Å²) in [7, 11) is 0. The number of imidazole rings is 1. The van der Waals surface area contributed by atoms with Crippen molar-refractivity contribution in [3.8, 4) is 11.3 Å². The molecule has 17 heavy (non-hydrogen) atoms. The Balaban J connectivity index is 2.27. The second kappa shape index (κ2) is 4.17. The van der Waals surface area contributed by atoms with E-state index in [0.29, 0.717) is 5.15 Å². The molecular weight excluding hydrogens is 300 g/mol. The smallest absolute Gasteiger partial charge is 0.141 e. The Labute approximate surface area is 112 Å². The van der Waals surface area contributed by atoms with Crippen molar-refractivity contribution in [2.24, 2.45) is 0 Å². The topological polar surface area (TPSA) is 17.3 Å². The molecule has 3 aromatic rings. The molecule has 2 heterocycles. The van der Waals surface area contributed by atoms with Crippen LogP contribution < -0.4 is 0 Å². The number of halogens is 2. The molecule has 0 saturated carbocycles. The second-order valence-electron chi connectivity index (χ2n) is 3.69. The van der Waals surface area contributed by atoms with Crippen molar-refractivity contribution in [2.45, 2.75) is 0 Å². The van der Waals surface area contributed by atoms with Crippen molar-refractivity contribution in [3.05, 3.63) is 58.3 Å². The molecule has 4 heteroatoms. The quantitative estimate of drug-likeness (QED) is 0.650. The highest BCUT2D eigenvalue weighted by atomic mass is 79.9. The van der Waals surface area contributed by atoms with E-state index in [1.807, 2.05) is 53.1 Å². The highest BCUT2D eigenvalue weighted by Gasteiger charge is 2.11. The van der Waals surface area contributed by atoms with Crippen LogP contribution in [0, 0.1) is 0 Å². The minimum Gasteiger partial charge on any atom is -0.290 e. The molecule has 0 atom stereocenters. The van der Waals surface area contributed by atoms with Gasteiger partial charge < -0.3 is 0 Å². The summed E-state index contributed by atoms with van der Waals surface area (Å²) >= 11 is 9.78. The van der Waals surface area contributed by atoms with Crippen LogP contribution in [0.15, 0.2) is 53.1 Å². The van der Waals surface area contributed by atoms with Gasteiger partial charge in [0.15, 0.2) is 0 Å². The van der Waals surface area contributed by atoms with E-state index in [2.05, 4.69) is 20.9 Å². The van der Waals surface area contributed by atoms with E-state index in [0.717, 1.165) is 21.4 Å². The number of benzene rings is 1. The van der Waals surface area contributed by atoms with Gasteiger partial charge in [-0.2, -0.15) is 0 Å². The van der Waals surface area contributed by atoms with E-state index < -0.39 is 0 Å². The Morgan fingerprint density at radius 1 is 1.12 bits per heavy atom. The molecule has 0 fully saturated rings. The maximum Gasteiger partial charge on any atom is 0.141 e. The lowest BCUT2D eigenvalue weighted by Crippen LogP contribution is -1.81. The van der Waals surface area contributed by atoms with Gasteiger partial charge >= 0.3 is 0 Å². The van der Waals surface area contributed by atoms with Gasteiger partial charge in [-0.15, -0.1) is 0 Å². The first-order valence-electron chi connectivity index (χ1n) is 5.14. The minimum absolute atomic E-state index is 0.638. The normalized spacial score (nSPS) is 10.9. The number of nitrogens with zero attached hydrogens (tertiary/aromatic N) is 2. The van der Waals surface area contributed by atoms with Crippen molar-refractivity contribution >= 4 is 33.2 Å². The predicted molar refractivity (Wildman–Crippen MR) is 73.3 cm³/mol. The molecule has 0 unspecified atom stereocenters.